The van der Waals surface area contributed by atoms with Crippen molar-refractivity contribution >= 4 is 5.96 Å². The first kappa shape index (κ1) is 19.5. The van der Waals surface area contributed by atoms with E-state index in [1.165, 1.54) is 12.1 Å². The van der Waals surface area contributed by atoms with E-state index in [-0.39, 0.29) is 11.6 Å². The van der Waals surface area contributed by atoms with E-state index >= 15 is 0 Å². The lowest BCUT2D eigenvalue weighted by Gasteiger charge is -2.13. The number of rotatable bonds is 6. The van der Waals surface area contributed by atoms with Gasteiger partial charge in [0, 0.05) is 32.5 Å². The maximum absolute atomic E-state index is 14.5. The van der Waals surface area contributed by atoms with Crippen molar-refractivity contribution in [2.75, 3.05) is 13.6 Å². The van der Waals surface area contributed by atoms with E-state index in [2.05, 4.69) is 20.6 Å². The molecule has 28 heavy (non-hydrogen) atoms. The van der Waals surface area contributed by atoms with E-state index in [1.54, 1.807) is 42.2 Å². The van der Waals surface area contributed by atoms with Crippen LogP contribution in [0.5, 0.6) is 0 Å². The molecule has 0 saturated heterocycles. The van der Waals surface area contributed by atoms with Crippen LogP contribution < -0.4 is 10.6 Å². The lowest BCUT2D eigenvalue weighted by Crippen LogP contribution is -2.37. The van der Waals surface area contributed by atoms with Gasteiger partial charge in [-0.15, -0.1) is 0 Å². The van der Waals surface area contributed by atoms with Crippen LogP contribution in [0.2, 0.25) is 0 Å². The van der Waals surface area contributed by atoms with Crippen LogP contribution in [0.25, 0.3) is 5.69 Å². The molecule has 0 aliphatic heterocycles. The van der Waals surface area contributed by atoms with Crippen molar-refractivity contribution in [3.05, 3.63) is 83.4 Å². The molecule has 0 bridgehead atoms. The summed E-state index contributed by atoms with van der Waals surface area (Å²) in [6, 6.07) is 11.8. The molecule has 1 aromatic heterocycles. The second-order valence-corrected chi connectivity index (χ2v) is 6.32. The monoisotopic (exact) mass is 383 g/mol. The molecule has 3 rings (SSSR count). The van der Waals surface area contributed by atoms with E-state index in [4.69, 9.17) is 0 Å². The van der Waals surface area contributed by atoms with Gasteiger partial charge in [-0.05, 0) is 42.7 Å². The number of nitrogens with one attached hydrogen (secondary N) is 2. The molecule has 0 aliphatic rings. The predicted octanol–water partition coefficient (Wildman–Crippen LogP) is 3.37. The van der Waals surface area contributed by atoms with E-state index in [0.717, 1.165) is 11.4 Å². The average molecular weight is 383 g/mol. The minimum Gasteiger partial charge on any atom is -0.356 e. The van der Waals surface area contributed by atoms with Crippen molar-refractivity contribution in [2.45, 2.75) is 19.9 Å². The summed E-state index contributed by atoms with van der Waals surface area (Å²) in [5.41, 5.74) is 1.90. The van der Waals surface area contributed by atoms with Crippen LogP contribution in [0.4, 0.5) is 8.78 Å². The van der Waals surface area contributed by atoms with Gasteiger partial charge in [-0.25, -0.2) is 13.8 Å². The smallest absolute Gasteiger partial charge is 0.191 e. The second-order valence-electron chi connectivity index (χ2n) is 6.32. The summed E-state index contributed by atoms with van der Waals surface area (Å²) in [6.45, 7) is 2.78. The van der Waals surface area contributed by atoms with Gasteiger partial charge in [0.15, 0.2) is 5.96 Å². The molecule has 146 valence electrons. The molecule has 1 heterocycles. The first-order chi connectivity index (χ1) is 13.6. The van der Waals surface area contributed by atoms with Crippen LogP contribution in [-0.4, -0.2) is 29.1 Å². The van der Waals surface area contributed by atoms with Gasteiger partial charge < -0.3 is 15.2 Å². The van der Waals surface area contributed by atoms with Gasteiger partial charge in [0.05, 0.1) is 5.69 Å². The summed E-state index contributed by atoms with van der Waals surface area (Å²) >= 11 is 0. The van der Waals surface area contributed by atoms with Crippen molar-refractivity contribution in [2.24, 2.45) is 4.99 Å². The first-order valence-corrected chi connectivity index (χ1v) is 9.05. The Kier molecular flexibility index (Phi) is 6.37. The Balaban J connectivity index is 1.54. The number of hydrogen-bond donors (Lipinski definition) is 2. The molecule has 5 nitrogen and oxygen atoms in total. The van der Waals surface area contributed by atoms with E-state index in [1.807, 2.05) is 19.1 Å². The first-order valence-electron chi connectivity index (χ1n) is 9.05. The van der Waals surface area contributed by atoms with Gasteiger partial charge in [0.1, 0.15) is 17.5 Å². The molecule has 0 atom stereocenters. The molecule has 0 aliphatic carbocycles. The molecule has 2 N–H and O–H groups in total. The van der Waals surface area contributed by atoms with Crippen LogP contribution in [0.1, 0.15) is 17.0 Å². The Labute approximate surface area is 163 Å². The van der Waals surface area contributed by atoms with Crippen LogP contribution in [0, 0.1) is 18.6 Å². The normalized spacial score (nSPS) is 11.5. The van der Waals surface area contributed by atoms with Crippen molar-refractivity contribution in [1.29, 1.82) is 0 Å². The fourth-order valence-electron chi connectivity index (χ4n) is 2.91. The van der Waals surface area contributed by atoms with Crippen LogP contribution in [0.3, 0.4) is 0 Å². The number of hydrogen-bond acceptors (Lipinski definition) is 2. The van der Waals surface area contributed by atoms with E-state index in [9.17, 15) is 8.78 Å². The van der Waals surface area contributed by atoms with Gasteiger partial charge in [-0.2, -0.15) is 0 Å². The summed E-state index contributed by atoms with van der Waals surface area (Å²) in [5.74, 6) is 0.773. The number of aromatic nitrogens is 2. The lowest BCUT2D eigenvalue weighted by molar-refractivity contribution is 0.606. The predicted molar refractivity (Wildman–Crippen MR) is 107 cm³/mol. The highest BCUT2D eigenvalue weighted by atomic mass is 19.1. The minimum absolute atomic E-state index is 0.212. The Morgan fingerprint density at radius 3 is 2.61 bits per heavy atom. The molecule has 0 radical (unpaired) electrons. The van der Waals surface area contributed by atoms with Gasteiger partial charge in [-0.1, -0.05) is 24.3 Å². The highest BCUT2D eigenvalue weighted by Gasteiger charge is 2.08. The van der Waals surface area contributed by atoms with Crippen LogP contribution in [-0.2, 0) is 13.0 Å². The Morgan fingerprint density at radius 1 is 1.11 bits per heavy atom. The third-order valence-corrected chi connectivity index (χ3v) is 4.43. The van der Waals surface area contributed by atoms with Crippen molar-refractivity contribution in [3.8, 4) is 5.69 Å². The number of aryl methyl sites for hydroxylation is 1. The molecule has 0 fully saturated rings. The summed E-state index contributed by atoms with van der Waals surface area (Å²) in [5, 5.41) is 6.28. The van der Waals surface area contributed by atoms with E-state index in [0.29, 0.717) is 36.7 Å². The molecule has 0 spiro atoms. The van der Waals surface area contributed by atoms with Gasteiger partial charge in [-0.3, -0.25) is 4.99 Å². The Bertz CT molecular complexity index is 965. The van der Waals surface area contributed by atoms with Crippen molar-refractivity contribution in [1.82, 2.24) is 20.2 Å². The van der Waals surface area contributed by atoms with E-state index < -0.39 is 0 Å². The molecular formula is C21H23F2N5. The van der Waals surface area contributed by atoms with Gasteiger partial charge in [0.25, 0.3) is 0 Å². The molecular weight excluding hydrogens is 360 g/mol. The number of benzene rings is 2. The zero-order valence-electron chi connectivity index (χ0n) is 15.9. The largest absolute Gasteiger partial charge is 0.356 e. The fourth-order valence-corrected chi connectivity index (χ4v) is 2.91. The van der Waals surface area contributed by atoms with Gasteiger partial charge >= 0.3 is 0 Å². The number of nitrogens with zero attached hydrogens (tertiary/aromatic N) is 3. The second kappa shape index (κ2) is 9.12. The highest BCUT2D eigenvalue weighted by Crippen LogP contribution is 2.16. The third-order valence-electron chi connectivity index (χ3n) is 4.43. The zero-order chi connectivity index (χ0) is 19.9. The fraction of sp³-hybridized carbons (Fsp3) is 0.238. The number of aliphatic imine (C=N–C) groups is 1. The maximum atomic E-state index is 14.5. The quantitative estimate of drug-likeness (QED) is 0.507. The minimum atomic E-state index is -0.317. The topological polar surface area (TPSA) is 54.2 Å². The molecule has 2 aromatic carbocycles. The number of imidazole rings is 1. The standard InChI is InChI=1S/C21H23F2N5/c1-15-25-11-12-28(15)20-8-7-16(13-19(20)23)14-27-21(24-2)26-10-9-17-5-3-4-6-18(17)22/h3-8,11-13H,9-10,14H2,1-2H3,(H2,24,26,27). The van der Waals surface area contributed by atoms with Crippen LogP contribution >= 0.6 is 0 Å². The number of halogens is 2. The summed E-state index contributed by atoms with van der Waals surface area (Å²) in [6.07, 6.45) is 3.91. The Hall–Kier alpha value is -3.22. The summed E-state index contributed by atoms with van der Waals surface area (Å²) < 4.78 is 29.8. The maximum Gasteiger partial charge on any atom is 0.191 e. The number of guanidine groups is 1. The molecule has 0 unspecified atom stereocenters. The molecule has 7 heteroatoms. The van der Waals surface area contributed by atoms with Crippen molar-refractivity contribution in [3.63, 3.8) is 0 Å². The highest BCUT2D eigenvalue weighted by molar-refractivity contribution is 5.79. The average Bonchev–Trinajstić information content (AvgIpc) is 3.11. The molecule has 0 amide bonds. The summed E-state index contributed by atoms with van der Waals surface area (Å²) in [7, 11) is 1.66. The SMILES string of the molecule is CN=C(NCCc1ccccc1F)NCc1ccc(-n2ccnc2C)c(F)c1. The van der Waals surface area contributed by atoms with Gasteiger partial charge in [0.2, 0.25) is 0 Å². The molecule has 3 aromatic rings. The zero-order valence-corrected chi connectivity index (χ0v) is 15.9. The van der Waals surface area contributed by atoms with Crippen LogP contribution in [0.15, 0.2) is 59.9 Å². The summed E-state index contributed by atoms with van der Waals surface area (Å²) in [4.78, 5) is 8.26. The van der Waals surface area contributed by atoms with Crippen molar-refractivity contribution < 1.29 is 8.78 Å². The lowest BCUT2D eigenvalue weighted by atomic mass is 10.1. The Morgan fingerprint density at radius 2 is 1.93 bits per heavy atom. The molecule has 0 saturated carbocycles. The third kappa shape index (κ3) is 4.73.